The van der Waals surface area contributed by atoms with Crippen LogP contribution in [0, 0.1) is 0 Å². The third kappa shape index (κ3) is 3.20. The van der Waals surface area contributed by atoms with Crippen LogP contribution in [-0.4, -0.2) is 28.3 Å². The van der Waals surface area contributed by atoms with Gasteiger partial charge in [0, 0.05) is 19.6 Å². The van der Waals surface area contributed by atoms with Gasteiger partial charge in [0.2, 0.25) is 0 Å². The second kappa shape index (κ2) is 6.48. The molecule has 5 heteroatoms. The molecular formula is C13H19BrN2O2. The van der Waals surface area contributed by atoms with Gasteiger partial charge in [-0.2, -0.15) is 5.10 Å². The van der Waals surface area contributed by atoms with E-state index < -0.39 is 0 Å². The average molecular weight is 315 g/mol. The number of hydrogen-bond donors (Lipinski definition) is 0. The molecule has 0 aromatic carbocycles. The van der Waals surface area contributed by atoms with Crippen LogP contribution in [0.3, 0.4) is 0 Å². The number of aromatic nitrogens is 2. The fourth-order valence-electron chi connectivity index (χ4n) is 2.33. The number of halogens is 1. The maximum Gasteiger partial charge on any atom is 0.182 e. The fraction of sp³-hybridized carbons (Fsp3) is 0.692. The van der Waals surface area contributed by atoms with Gasteiger partial charge in [-0.1, -0.05) is 0 Å². The lowest BCUT2D eigenvalue weighted by molar-refractivity contribution is 0.0104. The van der Waals surface area contributed by atoms with E-state index in [0.717, 1.165) is 30.3 Å². The number of nitrogens with zero attached hydrogens (tertiary/aromatic N) is 2. The lowest BCUT2D eigenvalue weighted by atomic mass is 10.0. The fourth-order valence-corrected chi connectivity index (χ4v) is 2.84. The van der Waals surface area contributed by atoms with Crippen LogP contribution >= 0.6 is 15.9 Å². The first-order valence-electron chi connectivity index (χ1n) is 6.58. The molecule has 1 aromatic rings. The van der Waals surface area contributed by atoms with Gasteiger partial charge in [-0.05, 0) is 48.5 Å². The summed E-state index contributed by atoms with van der Waals surface area (Å²) >= 11 is 3.39. The molecule has 0 aliphatic carbocycles. The van der Waals surface area contributed by atoms with Crippen molar-refractivity contribution in [1.82, 2.24) is 9.78 Å². The molecule has 2 rings (SSSR count). The van der Waals surface area contributed by atoms with Gasteiger partial charge in [0.1, 0.15) is 5.69 Å². The van der Waals surface area contributed by atoms with Crippen LogP contribution in [-0.2, 0) is 11.3 Å². The highest BCUT2D eigenvalue weighted by Gasteiger charge is 2.19. The smallest absolute Gasteiger partial charge is 0.182 e. The number of Topliss-reactive ketones (excluding diaryl/α,β-unsaturated/α-hetero) is 1. The first-order valence-corrected chi connectivity index (χ1v) is 7.37. The summed E-state index contributed by atoms with van der Waals surface area (Å²) in [6.45, 7) is 3.54. The molecule has 1 atom stereocenters. The predicted molar refractivity (Wildman–Crippen MR) is 72.8 cm³/mol. The van der Waals surface area contributed by atoms with Crippen molar-refractivity contribution in [3.05, 3.63) is 16.4 Å². The van der Waals surface area contributed by atoms with E-state index in [1.165, 1.54) is 6.42 Å². The summed E-state index contributed by atoms with van der Waals surface area (Å²) in [7, 11) is 0. The number of carbonyl (C=O) groups is 1. The number of rotatable bonds is 5. The van der Waals surface area contributed by atoms with Crippen LogP contribution in [0.1, 0.15) is 49.5 Å². The first kappa shape index (κ1) is 13.7. The van der Waals surface area contributed by atoms with Gasteiger partial charge in [-0.3, -0.25) is 9.48 Å². The van der Waals surface area contributed by atoms with Gasteiger partial charge in [-0.25, -0.2) is 0 Å². The van der Waals surface area contributed by atoms with E-state index in [9.17, 15) is 4.79 Å². The van der Waals surface area contributed by atoms with Crippen molar-refractivity contribution >= 4 is 21.7 Å². The Morgan fingerprint density at radius 3 is 3.11 bits per heavy atom. The Labute approximate surface area is 116 Å². The Bertz CT molecular complexity index is 411. The van der Waals surface area contributed by atoms with E-state index in [1.807, 2.05) is 6.92 Å². The second-order valence-electron chi connectivity index (χ2n) is 4.61. The standard InChI is InChI=1S/C13H19BrN2O2/c1-2-16-13(11(14)9-15-16)12(17)7-6-10-5-3-4-8-18-10/h9-10H,2-8H2,1H3. The lowest BCUT2D eigenvalue weighted by Crippen LogP contribution is -2.20. The molecule has 18 heavy (non-hydrogen) atoms. The maximum absolute atomic E-state index is 12.2. The van der Waals surface area contributed by atoms with Crippen molar-refractivity contribution in [3.8, 4) is 0 Å². The number of ether oxygens (including phenoxy) is 1. The second-order valence-corrected chi connectivity index (χ2v) is 5.46. The number of carbonyl (C=O) groups excluding carboxylic acids is 1. The Morgan fingerprint density at radius 1 is 1.61 bits per heavy atom. The summed E-state index contributed by atoms with van der Waals surface area (Å²) in [4.78, 5) is 12.2. The van der Waals surface area contributed by atoms with Gasteiger partial charge in [0.25, 0.3) is 0 Å². The molecule has 2 heterocycles. The van der Waals surface area contributed by atoms with Crippen LogP contribution in [0.4, 0.5) is 0 Å². The Kier molecular flexibility index (Phi) is 4.95. The van der Waals surface area contributed by atoms with Crippen LogP contribution in [0.15, 0.2) is 10.7 Å². The largest absolute Gasteiger partial charge is 0.378 e. The van der Waals surface area contributed by atoms with Crippen LogP contribution in [0.2, 0.25) is 0 Å². The molecular weight excluding hydrogens is 296 g/mol. The molecule has 0 bridgehead atoms. The molecule has 0 amide bonds. The minimum atomic E-state index is 0.149. The molecule has 1 aromatic heterocycles. The minimum absolute atomic E-state index is 0.149. The molecule has 1 aliphatic heterocycles. The van der Waals surface area contributed by atoms with Crippen LogP contribution in [0.5, 0.6) is 0 Å². The number of ketones is 1. The van der Waals surface area contributed by atoms with Crippen LogP contribution < -0.4 is 0 Å². The summed E-state index contributed by atoms with van der Waals surface area (Å²) in [6, 6.07) is 0. The van der Waals surface area contributed by atoms with Crippen molar-refractivity contribution in [2.45, 2.75) is 51.7 Å². The zero-order chi connectivity index (χ0) is 13.0. The van der Waals surface area contributed by atoms with Gasteiger partial charge >= 0.3 is 0 Å². The highest BCUT2D eigenvalue weighted by Crippen LogP contribution is 2.21. The van der Waals surface area contributed by atoms with Crippen molar-refractivity contribution < 1.29 is 9.53 Å². The van der Waals surface area contributed by atoms with E-state index in [1.54, 1.807) is 10.9 Å². The highest BCUT2D eigenvalue weighted by molar-refractivity contribution is 9.10. The molecule has 1 saturated heterocycles. The van der Waals surface area contributed by atoms with E-state index in [2.05, 4.69) is 21.0 Å². The SMILES string of the molecule is CCn1ncc(Br)c1C(=O)CCC1CCCCO1. The van der Waals surface area contributed by atoms with E-state index in [-0.39, 0.29) is 11.9 Å². The highest BCUT2D eigenvalue weighted by atomic mass is 79.9. The maximum atomic E-state index is 12.2. The van der Waals surface area contributed by atoms with Gasteiger partial charge in [0.05, 0.1) is 16.8 Å². The average Bonchev–Trinajstić information content (AvgIpc) is 2.78. The normalized spacial score (nSPS) is 20.0. The van der Waals surface area contributed by atoms with Crippen molar-refractivity contribution in [2.75, 3.05) is 6.61 Å². The molecule has 0 radical (unpaired) electrons. The summed E-state index contributed by atoms with van der Waals surface area (Å²) < 4.78 is 8.18. The third-order valence-corrected chi connectivity index (χ3v) is 3.91. The lowest BCUT2D eigenvalue weighted by Gasteiger charge is -2.22. The Morgan fingerprint density at radius 2 is 2.44 bits per heavy atom. The van der Waals surface area contributed by atoms with E-state index in [4.69, 9.17) is 4.74 Å². The zero-order valence-electron chi connectivity index (χ0n) is 10.7. The van der Waals surface area contributed by atoms with Gasteiger partial charge in [0.15, 0.2) is 5.78 Å². The zero-order valence-corrected chi connectivity index (χ0v) is 12.3. The molecule has 1 unspecified atom stereocenters. The summed E-state index contributed by atoms with van der Waals surface area (Å²) in [5.74, 6) is 0.149. The van der Waals surface area contributed by atoms with Crippen molar-refractivity contribution in [2.24, 2.45) is 0 Å². The quantitative estimate of drug-likeness (QED) is 0.784. The van der Waals surface area contributed by atoms with Gasteiger partial charge < -0.3 is 4.74 Å². The summed E-state index contributed by atoms with van der Waals surface area (Å²) in [5, 5.41) is 4.17. The molecule has 0 N–H and O–H groups in total. The minimum Gasteiger partial charge on any atom is -0.378 e. The van der Waals surface area contributed by atoms with Gasteiger partial charge in [-0.15, -0.1) is 0 Å². The van der Waals surface area contributed by atoms with E-state index in [0.29, 0.717) is 18.7 Å². The topological polar surface area (TPSA) is 44.1 Å². The molecule has 0 spiro atoms. The first-order chi connectivity index (χ1) is 8.72. The Hall–Kier alpha value is -0.680. The molecule has 1 fully saturated rings. The Balaban J connectivity index is 1.92. The summed E-state index contributed by atoms with van der Waals surface area (Å²) in [6.07, 6.45) is 6.76. The molecule has 100 valence electrons. The third-order valence-electron chi connectivity index (χ3n) is 3.33. The molecule has 1 aliphatic rings. The number of hydrogen-bond acceptors (Lipinski definition) is 3. The van der Waals surface area contributed by atoms with E-state index >= 15 is 0 Å². The monoisotopic (exact) mass is 314 g/mol. The number of aryl methyl sites for hydroxylation is 1. The molecule has 4 nitrogen and oxygen atoms in total. The van der Waals surface area contributed by atoms with Crippen molar-refractivity contribution in [3.63, 3.8) is 0 Å². The summed E-state index contributed by atoms with van der Waals surface area (Å²) in [5.41, 5.74) is 0.688. The molecule has 0 saturated carbocycles. The van der Waals surface area contributed by atoms with Crippen LogP contribution in [0.25, 0.3) is 0 Å². The predicted octanol–water partition coefficient (Wildman–Crippen LogP) is 3.20. The van der Waals surface area contributed by atoms with Crippen molar-refractivity contribution in [1.29, 1.82) is 0 Å².